The van der Waals surface area contributed by atoms with Crippen molar-refractivity contribution in [3.63, 3.8) is 0 Å². The smallest absolute Gasteiger partial charge is 0.303 e. The Bertz CT molecular complexity index is 1040. The molecule has 0 unspecified atom stereocenters. The highest BCUT2D eigenvalue weighted by atomic mass is 32.1. The van der Waals surface area contributed by atoms with Gasteiger partial charge in [-0.2, -0.15) is 0 Å². The van der Waals surface area contributed by atoms with Crippen LogP contribution in [0.5, 0.6) is 0 Å². The Kier molecular flexibility index (Phi) is 15.2. The number of aromatic nitrogens is 1. The number of benzene rings is 1. The molecule has 1 aromatic carbocycles. The molecule has 37 heavy (non-hydrogen) atoms. The number of nitrogens with one attached hydrogen (secondary N) is 1. The molecule has 1 fully saturated rings. The number of nitrogens with zero attached hydrogens (tertiary/aromatic N) is 2. The van der Waals surface area contributed by atoms with E-state index in [9.17, 15) is 14.4 Å². The molecule has 0 radical (unpaired) electrons. The number of hydrogen-bond donors (Lipinski definition) is 6. The molecule has 0 atom stereocenters. The number of carboxylic acids is 1. The van der Waals surface area contributed by atoms with Gasteiger partial charge in [-0.15, -0.1) is 11.3 Å². The third-order valence-corrected chi connectivity index (χ3v) is 6.37. The average molecular weight is 574 g/mol. The van der Waals surface area contributed by atoms with E-state index in [1.807, 2.05) is 6.07 Å². The third-order valence-electron chi connectivity index (χ3n) is 4.82. The third kappa shape index (κ3) is 14.7. The van der Waals surface area contributed by atoms with Crippen LogP contribution in [-0.2, 0) is 15.0 Å². The standard InChI is InChI=1S/C18H25N3OS2.C3H6O2.C2H5NO.CH3NOS/c1-11-5-7-21(8-6-11)14-9-13-15(10-12(14)20-17(22)23)24-16(19-13)18(2,3)4;1-2-3(4)5;1-2(3)4;2-1(3)4/h9-11H,5-8H2,1-4H3,(H2,20,22,23);2H2,1H3,(H,4,5);1H3,(H2,3,4);(H3,2,3,4). The number of thiol groups is 2. The van der Waals surface area contributed by atoms with Crippen LogP contribution < -0.4 is 21.7 Å². The summed E-state index contributed by atoms with van der Waals surface area (Å²) >= 11 is 8.70. The van der Waals surface area contributed by atoms with Crippen molar-refractivity contribution in [2.45, 2.75) is 66.2 Å². The number of carbonyl (C=O) groups is 4. The molecule has 13 heteroatoms. The summed E-state index contributed by atoms with van der Waals surface area (Å²) in [6.07, 6.45) is 2.58. The number of amides is 3. The van der Waals surface area contributed by atoms with Gasteiger partial charge in [-0.25, -0.2) is 4.98 Å². The molecule has 1 saturated heterocycles. The minimum atomic E-state index is -0.745. The Morgan fingerprint density at radius 1 is 1.16 bits per heavy atom. The molecule has 3 amide bonds. The summed E-state index contributed by atoms with van der Waals surface area (Å²) in [6.45, 7) is 13.8. The minimum absolute atomic E-state index is 0.0252. The molecule has 208 valence electrons. The number of fused-ring (bicyclic) bond motifs is 1. The molecule has 6 N–H and O–H groups in total. The van der Waals surface area contributed by atoms with E-state index in [1.165, 1.54) is 19.8 Å². The van der Waals surface area contributed by atoms with E-state index in [4.69, 9.17) is 14.9 Å². The van der Waals surface area contributed by atoms with Crippen LogP contribution in [0.4, 0.5) is 21.0 Å². The molecule has 0 saturated carbocycles. The highest BCUT2D eigenvalue weighted by molar-refractivity contribution is 7.97. The van der Waals surface area contributed by atoms with Crippen LogP contribution in [-0.4, -0.2) is 45.5 Å². The Hall–Kier alpha value is -2.51. The first-order chi connectivity index (χ1) is 17.0. The predicted octanol–water partition coefficient (Wildman–Crippen LogP) is 5.26. The molecule has 2 heterocycles. The van der Waals surface area contributed by atoms with Gasteiger partial charge in [0.05, 0.1) is 26.6 Å². The van der Waals surface area contributed by atoms with Crippen molar-refractivity contribution in [1.82, 2.24) is 4.98 Å². The van der Waals surface area contributed by atoms with Crippen LogP contribution in [0.3, 0.4) is 0 Å². The summed E-state index contributed by atoms with van der Waals surface area (Å²) < 4.78 is 1.10. The van der Waals surface area contributed by atoms with Crippen LogP contribution in [0.25, 0.3) is 10.2 Å². The molecular formula is C24H39N5O5S3. The number of nitrogens with two attached hydrogens (primary N) is 2. The van der Waals surface area contributed by atoms with E-state index in [0.717, 1.165) is 45.6 Å². The van der Waals surface area contributed by atoms with Crippen LogP contribution in [0.15, 0.2) is 12.1 Å². The van der Waals surface area contributed by atoms with Gasteiger partial charge in [0.2, 0.25) is 5.91 Å². The zero-order valence-corrected chi connectivity index (χ0v) is 24.8. The molecule has 1 aliphatic rings. The van der Waals surface area contributed by atoms with E-state index in [1.54, 1.807) is 18.3 Å². The number of rotatable bonds is 3. The number of hydrogen-bond acceptors (Lipinski definition) is 7. The first-order valence-electron chi connectivity index (χ1n) is 11.6. The molecule has 1 aliphatic heterocycles. The number of anilines is 2. The molecule has 0 bridgehead atoms. The first-order valence-corrected chi connectivity index (χ1v) is 13.3. The lowest BCUT2D eigenvalue weighted by molar-refractivity contribution is -0.136. The van der Waals surface area contributed by atoms with Crippen molar-refractivity contribution in [2.24, 2.45) is 17.4 Å². The molecule has 2 aromatic rings. The first kappa shape index (κ1) is 34.5. The van der Waals surface area contributed by atoms with Crippen LogP contribution >= 0.6 is 36.6 Å². The number of carboxylic acid groups (broad SMARTS) is 1. The number of thiazole rings is 1. The summed E-state index contributed by atoms with van der Waals surface area (Å²) in [4.78, 5) is 46.4. The number of aliphatic carboxylic acids is 1. The summed E-state index contributed by atoms with van der Waals surface area (Å²) in [5, 5.41) is 10.8. The predicted molar refractivity (Wildman–Crippen MR) is 158 cm³/mol. The summed E-state index contributed by atoms with van der Waals surface area (Å²) in [7, 11) is 0. The van der Waals surface area contributed by atoms with E-state index in [-0.39, 0.29) is 23.0 Å². The second-order valence-electron chi connectivity index (χ2n) is 9.40. The van der Waals surface area contributed by atoms with Crippen molar-refractivity contribution in [3.8, 4) is 0 Å². The Morgan fingerprint density at radius 3 is 2.00 bits per heavy atom. The minimum Gasteiger partial charge on any atom is -0.481 e. The van der Waals surface area contributed by atoms with Gasteiger partial charge in [0, 0.05) is 31.8 Å². The lowest BCUT2D eigenvalue weighted by atomic mass is 9.98. The van der Waals surface area contributed by atoms with E-state index < -0.39 is 11.2 Å². The quantitative estimate of drug-likeness (QED) is 0.272. The molecule has 0 spiro atoms. The molecule has 1 aromatic heterocycles. The van der Waals surface area contributed by atoms with E-state index in [2.05, 4.69) is 80.7 Å². The van der Waals surface area contributed by atoms with Gasteiger partial charge in [-0.3, -0.25) is 19.2 Å². The van der Waals surface area contributed by atoms with Crippen LogP contribution in [0.2, 0.25) is 0 Å². The largest absolute Gasteiger partial charge is 0.481 e. The highest BCUT2D eigenvalue weighted by Gasteiger charge is 2.23. The average Bonchev–Trinajstić information content (AvgIpc) is 3.16. The number of piperidine rings is 1. The molecule has 3 rings (SSSR count). The van der Waals surface area contributed by atoms with Gasteiger partial charge in [0.1, 0.15) is 0 Å². The van der Waals surface area contributed by atoms with Gasteiger partial charge in [0.25, 0.3) is 10.5 Å². The number of primary amides is 2. The normalized spacial score (nSPS) is 13.1. The lowest BCUT2D eigenvalue weighted by Gasteiger charge is -2.33. The fourth-order valence-electron chi connectivity index (χ4n) is 3.01. The fourth-order valence-corrected chi connectivity index (χ4v) is 4.17. The lowest BCUT2D eigenvalue weighted by Crippen LogP contribution is -2.33. The SMILES string of the molecule is CC(N)=O.CC1CCN(c2cc3nc(C(C)(C)C)sc3cc2NC(=O)S)CC1.CCC(=O)O.NC(=O)S. The number of carbonyl (C=O) groups excluding carboxylic acids is 3. The van der Waals surface area contributed by atoms with Gasteiger partial charge in [0.15, 0.2) is 0 Å². The zero-order valence-electron chi connectivity index (χ0n) is 22.2. The van der Waals surface area contributed by atoms with Crippen molar-refractivity contribution in [2.75, 3.05) is 23.3 Å². The van der Waals surface area contributed by atoms with E-state index in [0.29, 0.717) is 0 Å². The summed E-state index contributed by atoms with van der Waals surface area (Å²) in [6, 6.07) is 4.17. The Morgan fingerprint density at radius 2 is 1.62 bits per heavy atom. The zero-order chi connectivity index (χ0) is 28.9. The van der Waals surface area contributed by atoms with Crippen molar-refractivity contribution in [1.29, 1.82) is 0 Å². The van der Waals surface area contributed by atoms with Gasteiger partial charge in [-0.05, 0) is 30.9 Å². The monoisotopic (exact) mass is 573 g/mol. The second kappa shape index (κ2) is 16.4. The Labute approximate surface area is 233 Å². The van der Waals surface area contributed by atoms with Crippen LogP contribution in [0.1, 0.15) is 65.8 Å². The second-order valence-corrected chi connectivity index (χ2v) is 11.3. The molecular weight excluding hydrogens is 534 g/mol. The fraction of sp³-hybridized carbons (Fsp3) is 0.542. The summed E-state index contributed by atoms with van der Waals surface area (Å²) in [5.41, 5.74) is 11.7. The maximum absolute atomic E-state index is 11.5. The van der Waals surface area contributed by atoms with Crippen molar-refractivity contribution < 1.29 is 24.3 Å². The molecule has 0 aliphatic carbocycles. The maximum atomic E-state index is 11.5. The summed E-state index contributed by atoms with van der Waals surface area (Å²) in [5.74, 6) is -0.315. The van der Waals surface area contributed by atoms with Gasteiger partial charge >= 0.3 is 5.97 Å². The maximum Gasteiger partial charge on any atom is 0.303 e. The Balaban J connectivity index is 0.000000830. The van der Waals surface area contributed by atoms with Crippen molar-refractivity contribution >= 4 is 80.5 Å². The highest BCUT2D eigenvalue weighted by Crippen LogP contribution is 2.38. The molecule has 10 nitrogen and oxygen atoms in total. The van der Waals surface area contributed by atoms with Gasteiger partial charge < -0.3 is 26.8 Å². The van der Waals surface area contributed by atoms with Crippen LogP contribution in [0, 0.1) is 5.92 Å². The topological polar surface area (TPSA) is 169 Å². The van der Waals surface area contributed by atoms with E-state index >= 15 is 0 Å². The van der Waals surface area contributed by atoms with Crippen molar-refractivity contribution in [3.05, 3.63) is 17.1 Å². The van der Waals surface area contributed by atoms with Gasteiger partial charge in [-0.1, -0.05) is 59.9 Å².